The van der Waals surface area contributed by atoms with E-state index >= 15 is 0 Å². The van der Waals surface area contributed by atoms with Gasteiger partial charge in [-0.25, -0.2) is 9.59 Å². The molecule has 42 heavy (non-hydrogen) atoms. The number of benzene rings is 3. The van der Waals surface area contributed by atoms with Gasteiger partial charge in [-0.05, 0) is 53.5 Å². The number of carbonyl (C=O) groups is 3. The molecule has 3 aromatic rings. The first-order valence-electron chi connectivity index (χ1n) is 14.7. The Kier molecular flexibility index (Phi) is 9.54. The van der Waals surface area contributed by atoms with Crippen molar-refractivity contribution in [1.82, 2.24) is 10.6 Å². The van der Waals surface area contributed by atoms with Crippen LogP contribution in [0.2, 0.25) is 0 Å². The summed E-state index contributed by atoms with van der Waals surface area (Å²) in [5.74, 6) is -2.02. The quantitative estimate of drug-likeness (QED) is 0.280. The topological polar surface area (TPSA) is 114 Å². The predicted octanol–water partition coefficient (Wildman–Crippen LogP) is 5.51. The van der Waals surface area contributed by atoms with Crippen LogP contribution in [0.15, 0.2) is 78.9 Å². The fraction of sp³-hybridized carbons (Fsp3) is 0.382. The van der Waals surface area contributed by atoms with Crippen molar-refractivity contribution in [3.05, 3.63) is 95.6 Å². The van der Waals surface area contributed by atoms with Crippen molar-refractivity contribution in [2.45, 2.75) is 57.3 Å². The maximum atomic E-state index is 13.3. The number of ether oxygens (including phenoxy) is 2. The van der Waals surface area contributed by atoms with Crippen LogP contribution in [-0.4, -0.2) is 48.4 Å². The molecule has 0 unspecified atom stereocenters. The molecule has 8 heteroatoms. The number of carbonyl (C=O) groups excluding carboxylic acids is 2. The van der Waals surface area contributed by atoms with E-state index in [9.17, 15) is 19.5 Å². The molecule has 3 aromatic carbocycles. The Bertz CT molecular complexity index is 1350. The van der Waals surface area contributed by atoms with Crippen LogP contribution in [-0.2, 0) is 25.7 Å². The minimum absolute atomic E-state index is 0.0320. The molecule has 2 aliphatic rings. The van der Waals surface area contributed by atoms with E-state index in [1.165, 1.54) is 0 Å². The van der Waals surface area contributed by atoms with Gasteiger partial charge in [0.2, 0.25) is 5.91 Å². The van der Waals surface area contributed by atoms with E-state index in [2.05, 4.69) is 34.9 Å². The summed E-state index contributed by atoms with van der Waals surface area (Å²) in [5.41, 5.74) is 5.54. The molecule has 0 radical (unpaired) electrons. The van der Waals surface area contributed by atoms with Gasteiger partial charge in [0, 0.05) is 18.4 Å². The largest absolute Gasteiger partial charge is 0.480 e. The maximum Gasteiger partial charge on any atom is 0.407 e. The lowest BCUT2D eigenvalue weighted by Crippen LogP contribution is -2.52. The zero-order valence-corrected chi connectivity index (χ0v) is 23.8. The Morgan fingerprint density at radius 1 is 0.881 bits per heavy atom. The van der Waals surface area contributed by atoms with Crippen molar-refractivity contribution in [2.75, 3.05) is 13.2 Å². The highest BCUT2D eigenvalue weighted by Crippen LogP contribution is 2.44. The molecular formula is C34H38N2O6. The number of hydrogen-bond donors (Lipinski definition) is 3. The first kappa shape index (κ1) is 29.3. The zero-order chi connectivity index (χ0) is 29.5. The molecule has 0 aliphatic heterocycles. The first-order valence-corrected chi connectivity index (χ1v) is 14.7. The Hall–Kier alpha value is -4.17. The van der Waals surface area contributed by atoms with E-state index in [0.717, 1.165) is 47.1 Å². The number of alkyl carbamates (subject to hydrolysis) is 1. The molecule has 3 N–H and O–H groups in total. The van der Waals surface area contributed by atoms with E-state index in [-0.39, 0.29) is 37.5 Å². The van der Waals surface area contributed by atoms with Gasteiger partial charge in [0.1, 0.15) is 6.61 Å². The summed E-state index contributed by atoms with van der Waals surface area (Å²) in [5, 5.41) is 15.4. The summed E-state index contributed by atoms with van der Waals surface area (Å²) in [6.45, 7) is 2.40. The number of hydrogen-bond acceptors (Lipinski definition) is 5. The van der Waals surface area contributed by atoms with Crippen LogP contribution >= 0.6 is 0 Å². The number of carboxylic acid groups (broad SMARTS) is 1. The van der Waals surface area contributed by atoms with Crippen LogP contribution in [0.4, 0.5) is 4.79 Å². The molecular weight excluding hydrogens is 532 g/mol. The summed E-state index contributed by atoms with van der Waals surface area (Å²) in [4.78, 5) is 38.1. The summed E-state index contributed by atoms with van der Waals surface area (Å²) >= 11 is 0. The average molecular weight is 571 g/mol. The highest BCUT2D eigenvalue weighted by molar-refractivity contribution is 5.85. The third-order valence-electron chi connectivity index (χ3n) is 8.49. The lowest BCUT2D eigenvalue weighted by Gasteiger charge is -2.32. The lowest BCUT2D eigenvalue weighted by molar-refractivity contribution is -0.147. The van der Waals surface area contributed by atoms with Gasteiger partial charge in [0.25, 0.3) is 0 Å². The Balaban J connectivity index is 1.14. The van der Waals surface area contributed by atoms with E-state index in [4.69, 9.17) is 9.47 Å². The van der Waals surface area contributed by atoms with Gasteiger partial charge in [0.15, 0.2) is 6.04 Å². The van der Waals surface area contributed by atoms with Gasteiger partial charge < -0.3 is 25.2 Å². The van der Waals surface area contributed by atoms with Crippen LogP contribution in [0.3, 0.4) is 0 Å². The molecule has 0 bridgehead atoms. The molecule has 2 amide bonds. The van der Waals surface area contributed by atoms with Crippen molar-refractivity contribution in [1.29, 1.82) is 0 Å². The molecule has 8 nitrogen and oxygen atoms in total. The molecule has 0 aromatic heterocycles. The molecule has 0 saturated heterocycles. The van der Waals surface area contributed by atoms with Crippen LogP contribution in [0.25, 0.3) is 11.1 Å². The monoisotopic (exact) mass is 570 g/mol. The van der Waals surface area contributed by atoms with Crippen molar-refractivity contribution < 1.29 is 29.0 Å². The number of rotatable bonds is 11. The normalized spacial score (nSPS) is 19.2. The summed E-state index contributed by atoms with van der Waals surface area (Å²) in [6.07, 6.45) is 1.96. The third-order valence-corrected chi connectivity index (χ3v) is 8.49. The molecule has 4 atom stereocenters. The summed E-state index contributed by atoms with van der Waals surface area (Å²) < 4.78 is 11.5. The van der Waals surface area contributed by atoms with E-state index in [0.29, 0.717) is 6.42 Å². The first-order chi connectivity index (χ1) is 20.4. The SMILES string of the molecule is C[C@H](OCc1ccccc1)[C@@H](NC(=O)[C@@H]1CCCC[C@@H]1CNC(=O)OCC1c2ccccc2-c2ccccc21)C(=O)O. The second-order valence-electron chi connectivity index (χ2n) is 11.2. The minimum Gasteiger partial charge on any atom is -0.480 e. The van der Waals surface area contributed by atoms with Gasteiger partial charge in [-0.2, -0.15) is 0 Å². The zero-order valence-electron chi connectivity index (χ0n) is 23.8. The van der Waals surface area contributed by atoms with Crippen molar-refractivity contribution in [2.24, 2.45) is 11.8 Å². The van der Waals surface area contributed by atoms with Crippen molar-refractivity contribution in [3.63, 3.8) is 0 Å². The van der Waals surface area contributed by atoms with Crippen LogP contribution < -0.4 is 10.6 Å². The fourth-order valence-electron chi connectivity index (χ4n) is 6.20. The molecule has 1 saturated carbocycles. The molecule has 0 spiro atoms. The van der Waals surface area contributed by atoms with Crippen molar-refractivity contribution in [3.8, 4) is 11.1 Å². The van der Waals surface area contributed by atoms with E-state index in [1.807, 2.05) is 54.6 Å². The third kappa shape index (κ3) is 6.82. The van der Waals surface area contributed by atoms with Gasteiger partial charge in [-0.15, -0.1) is 0 Å². The average Bonchev–Trinajstić information content (AvgIpc) is 3.34. The van der Waals surface area contributed by atoms with Crippen LogP contribution in [0, 0.1) is 11.8 Å². The Labute approximate surface area is 246 Å². The highest BCUT2D eigenvalue weighted by atomic mass is 16.5. The van der Waals surface area contributed by atoms with Gasteiger partial charge in [0.05, 0.1) is 12.7 Å². The maximum absolute atomic E-state index is 13.3. The fourth-order valence-corrected chi connectivity index (χ4v) is 6.20. The second-order valence-corrected chi connectivity index (χ2v) is 11.2. The second kappa shape index (κ2) is 13.7. The number of carboxylic acids is 1. The van der Waals surface area contributed by atoms with Crippen LogP contribution in [0.1, 0.15) is 55.2 Å². The van der Waals surface area contributed by atoms with Crippen LogP contribution in [0.5, 0.6) is 0 Å². The van der Waals surface area contributed by atoms with Gasteiger partial charge >= 0.3 is 12.1 Å². The summed E-state index contributed by atoms with van der Waals surface area (Å²) in [6, 6.07) is 24.6. The van der Waals surface area contributed by atoms with Crippen molar-refractivity contribution >= 4 is 18.0 Å². The molecule has 220 valence electrons. The number of aliphatic carboxylic acids is 1. The highest BCUT2D eigenvalue weighted by Gasteiger charge is 2.36. The van der Waals surface area contributed by atoms with Gasteiger partial charge in [-0.3, -0.25) is 4.79 Å². The molecule has 0 heterocycles. The lowest BCUT2D eigenvalue weighted by atomic mass is 9.78. The summed E-state index contributed by atoms with van der Waals surface area (Å²) in [7, 11) is 0. The van der Waals surface area contributed by atoms with Gasteiger partial charge in [-0.1, -0.05) is 91.7 Å². The standard InChI is InChI=1S/C34H38N2O6/c1-22(41-20-23-11-3-2-4-12-23)31(33(38)39)36-32(37)25-14-6-5-13-24(25)19-35-34(40)42-21-30-28-17-9-7-15-26(28)27-16-8-10-18-29(27)30/h2-4,7-12,15-18,22,24-25,30-31H,5-6,13-14,19-21H2,1H3,(H,35,40)(H,36,37)(H,38,39)/t22-,24+,25+,31+/m0/s1. The smallest absolute Gasteiger partial charge is 0.407 e. The Morgan fingerprint density at radius 2 is 1.50 bits per heavy atom. The number of nitrogens with one attached hydrogen (secondary N) is 2. The Morgan fingerprint density at radius 3 is 2.17 bits per heavy atom. The van der Waals surface area contributed by atoms with E-state index < -0.39 is 30.1 Å². The predicted molar refractivity (Wildman–Crippen MR) is 159 cm³/mol. The minimum atomic E-state index is -1.18. The number of fused-ring (bicyclic) bond motifs is 3. The molecule has 1 fully saturated rings. The van der Waals surface area contributed by atoms with E-state index in [1.54, 1.807) is 6.92 Å². The number of amides is 2. The molecule has 5 rings (SSSR count). The molecule has 2 aliphatic carbocycles.